The minimum atomic E-state index is 0.104. The van der Waals surface area contributed by atoms with E-state index in [1.165, 1.54) is 11.1 Å². The number of aromatic amines is 1. The summed E-state index contributed by atoms with van der Waals surface area (Å²) < 4.78 is 2.25. The lowest BCUT2D eigenvalue weighted by atomic mass is 10.1. The molecule has 4 rings (SSSR count). The van der Waals surface area contributed by atoms with Crippen LogP contribution >= 0.6 is 0 Å². The lowest BCUT2D eigenvalue weighted by Gasteiger charge is -2.18. The van der Waals surface area contributed by atoms with Crippen molar-refractivity contribution in [2.24, 2.45) is 0 Å². The Hall–Kier alpha value is -3.39. The predicted octanol–water partition coefficient (Wildman–Crippen LogP) is 4.45. The van der Waals surface area contributed by atoms with E-state index in [2.05, 4.69) is 52.0 Å². The number of H-pyrrole nitrogens is 1. The second-order valence-corrected chi connectivity index (χ2v) is 6.89. The largest absolute Gasteiger partial charge is 0.320 e. The van der Waals surface area contributed by atoms with E-state index in [4.69, 9.17) is 4.98 Å². The first-order valence-electron chi connectivity index (χ1n) is 9.05. The van der Waals surface area contributed by atoms with Crippen molar-refractivity contribution in [1.29, 1.82) is 5.26 Å². The molecule has 134 valence electrons. The zero-order valence-corrected chi connectivity index (χ0v) is 15.7. The molecule has 2 aromatic carbocycles. The summed E-state index contributed by atoms with van der Waals surface area (Å²) in [5.74, 6) is 0.976. The van der Waals surface area contributed by atoms with Gasteiger partial charge in [0.15, 0.2) is 0 Å². The van der Waals surface area contributed by atoms with Gasteiger partial charge in [0.1, 0.15) is 5.82 Å². The molecule has 0 aliphatic carbocycles. The predicted molar refractivity (Wildman–Crippen MR) is 106 cm³/mol. The fraction of sp³-hybridized carbons (Fsp3) is 0.227. The second kappa shape index (κ2) is 6.73. The molecule has 0 amide bonds. The Morgan fingerprint density at radius 2 is 1.93 bits per heavy atom. The van der Waals surface area contributed by atoms with Gasteiger partial charge in [-0.05, 0) is 44.5 Å². The van der Waals surface area contributed by atoms with Crippen LogP contribution in [-0.4, -0.2) is 19.7 Å². The number of benzene rings is 2. The van der Waals surface area contributed by atoms with Crippen LogP contribution in [0.2, 0.25) is 0 Å². The maximum Gasteiger partial charge on any atom is 0.115 e. The van der Waals surface area contributed by atoms with Crippen LogP contribution in [-0.2, 0) is 6.42 Å². The zero-order chi connectivity index (χ0) is 19.0. The number of nitrogens with one attached hydrogen (secondary N) is 1. The van der Waals surface area contributed by atoms with Crippen LogP contribution in [0, 0.1) is 25.2 Å². The molecule has 1 atom stereocenters. The molecule has 0 saturated carbocycles. The molecule has 0 unspecified atom stereocenters. The summed E-state index contributed by atoms with van der Waals surface area (Å²) >= 11 is 0. The van der Waals surface area contributed by atoms with Gasteiger partial charge >= 0.3 is 0 Å². The first kappa shape index (κ1) is 17.0. The molecule has 4 aromatic rings. The standard InChI is InChI=1S/C22H21N5/c1-14-19(15(2)26-25-14)12-22-24-20-10-9-17(13-23)11-21(20)27(22)16(3)18-7-5-4-6-8-18/h4-11,16H,12H2,1-3H3,(H,25,26)/t16-/m0/s1. The average Bonchev–Trinajstić information content (AvgIpc) is 3.22. The van der Waals surface area contributed by atoms with Crippen LogP contribution in [0.1, 0.15) is 46.9 Å². The first-order valence-corrected chi connectivity index (χ1v) is 9.05. The molecule has 0 fully saturated rings. The van der Waals surface area contributed by atoms with E-state index < -0.39 is 0 Å². The molecule has 0 radical (unpaired) electrons. The number of imidazole rings is 1. The van der Waals surface area contributed by atoms with E-state index >= 15 is 0 Å². The molecule has 0 saturated heterocycles. The maximum absolute atomic E-state index is 9.34. The lowest BCUT2D eigenvalue weighted by molar-refractivity contribution is 0.626. The molecule has 27 heavy (non-hydrogen) atoms. The summed E-state index contributed by atoms with van der Waals surface area (Å²) in [5, 5.41) is 16.7. The summed E-state index contributed by atoms with van der Waals surface area (Å²) in [7, 11) is 0. The number of nitriles is 1. The SMILES string of the molecule is Cc1n[nH]c(C)c1Cc1nc2ccc(C#N)cc2n1[C@@H](C)c1ccccc1. The minimum absolute atomic E-state index is 0.104. The van der Waals surface area contributed by atoms with Gasteiger partial charge in [0.05, 0.1) is 34.4 Å². The number of hydrogen-bond acceptors (Lipinski definition) is 3. The highest BCUT2D eigenvalue weighted by Crippen LogP contribution is 2.28. The Kier molecular flexibility index (Phi) is 4.25. The zero-order valence-electron chi connectivity index (χ0n) is 15.7. The summed E-state index contributed by atoms with van der Waals surface area (Å²) in [6.07, 6.45) is 0.696. The summed E-state index contributed by atoms with van der Waals surface area (Å²) in [6, 6.07) is 18.4. The molecular formula is C22H21N5. The average molecular weight is 355 g/mol. The molecule has 0 spiro atoms. The van der Waals surface area contributed by atoms with Gasteiger partial charge in [0.2, 0.25) is 0 Å². The highest BCUT2D eigenvalue weighted by Gasteiger charge is 2.20. The molecule has 5 heteroatoms. The quantitative estimate of drug-likeness (QED) is 0.588. The molecule has 0 aliphatic rings. The van der Waals surface area contributed by atoms with Gasteiger partial charge < -0.3 is 4.57 Å². The Labute approximate surface area is 158 Å². The van der Waals surface area contributed by atoms with Crippen molar-refractivity contribution in [3.05, 3.63) is 82.4 Å². The fourth-order valence-corrected chi connectivity index (χ4v) is 3.64. The van der Waals surface area contributed by atoms with Crippen molar-refractivity contribution >= 4 is 11.0 Å². The summed E-state index contributed by atoms with van der Waals surface area (Å²) in [4.78, 5) is 4.90. The number of fused-ring (bicyclic) bond motifs is 1. The van der Waals surface area contributed by atoms with Gasteiger partial charge in [0, 0.05) is 17.7 Å². The third kappa shape index (κ3) is 3.00. The molecular weight excluding hydrogens is 334 g/mol. The highest BCUT2D eigenvalue weighted by molar-refractivity contribution is 5.78. The number of aryl methyl sites for hydroxylation is 2. The topological polar surface area (TPSA) is 70.3 Å². The lowest BCUT2D eigenvalue weighted by Crippen LogP contribution is -2.11. The van der Waals surface area contributed by atoms with Gasteiger partial charge in [-0.25, -0.2) is 4.98 Å². The summed E-state index contributed by atoms with van der Waals surface area (Å²) in [5.41, 5.74) is 6.98. The first-order chi connectivity index (χ1) is 13.1. The maximum atomic E-state index is 9.34. The van der Waals surface area contributed by atoms with Crippen LogP contribution in [0.15, 0.2) is 48.5 Å². The van der Waals surface area contributed by atoms with E-state index in [0.717, 1.165) is 28.2 Å². The van der Waals surface area contributed by atoms with Crippen LogP contribution in [0.25, 0.3) is 11.0 Å². The van der Waals surface area contributed by atoms with Crippen molar-refractivity contribution in [3.8, 4) is 6.07 Å². The number of aromatic nitrogens is 4. The third-order valence-corrected chi connectivity index (χ3v) is 5.18. The van der Waals surface area contributed by atoms with Gasteiger partial charge in [-0.3, -0.25) is 5.10 Å². The Morgan fingerprint density at radius 3 is 2.59 bits per heavy atom. The van der Waals surface area contributed by atoms with E-state index in [1.807, 2.05) is 38.1 Å². The molecule has 2 aromatic heterocycles. The van der Waals surface area contributed by atoms with Crippen molar-refractivity contribution in [1.82, 2.24) is 19.7 Å². The number of nitrogens with zero attached hydrogens (tertiary/aromatic N) is 4. The van der Waals surface area contributed by atoms with Crippen molar-refractivity contribution in [2.75, 3.05) is 0 Å². The van der Waals surface area contributed by atoms with Crippen molar-refractivity contribution < 1.29 is 0 Å². The Balaban J connectivity index is 1.91. The van der Waals surface area contributed by atoms with Crippen LogP contribution in [0.4, 0.5) is 0 Å². The van der Waals surface area contributed by atoms with Crippen LogP contribution in [0.5, 0.6) is 0 Å². The number of rotatable bonds is 4. The smallest absolute Gasteiger partial charge is 0.115 e. The molecule has 0 bridgehead atoms. The van der Waals surface area contributed by atoms with Gasteiger partial charge in [0.25, 0.3) is 0 Å². The molecule has 5 nitrogen and oxygen atoms in total. The normalized spacial score (nSPS) is 12.2. The second-order valence-electron chi connectivity index (χ2n) is 6.89. The Morgan fingerprint density at radius 1 is 1.15 bits per heavy atom. The van der Waals surface area contributed by atoms with Crippen LogP contribution in [0.3, 0.4) is 0 Å². The third-order valence-electron chi connectivity index (χ3n) is 5.18. The van der Waals surface area contributed by atoms with Gasteiger partial charge in [-0.1, -0.05) is 30.3 Å². The van der Waals surface area contributed by atoms with E-state index in [0.29, 0.717) is 12.0 Å². The molecule has 1 N–H and O–H groups in total. The highest BCUT2D eigenvalue weighted by atomic mass is 15.1. The van der Waals surface area contributed by atoms with Gasteiger partial charge in [-0.15, -0.1) is 0 Å². The summed E-state index contributed by atoms with van der Waals surface area (Å²) in [6.45, 7) is 6.23. The number of hydrogen-bond donors (Lipinski definition) is 1. The molecule has 2 heterocycles. The fourth-order valence-electron chi connectivity index (χ4n) is 3.64. The minimum Gasteiger partial charge on any atom is -0.320 e. The monoisotopic (exact) mass is 355 g/mol. The van der Waals surface area contributed by atoms with E-state index in [9.17, 15) is 5.26 Å². The van der Waals surface area contributed by atoms with E-state index in [1.54, 1.807) is 0 Å². The van der Waals surface area contributed by atoms with Gasteiger partial charge in [-0.2, -0.15) is 10.4 Å². The Bertz CT molecular complexity index is 1130. The van der Waals surface area contributed by atoms with Crippen molar-refractivity contribution in [2.45, 2.75) is 33.2 Å². The van der Waals surface area contributed by atoms with Crippen molar-refractivity contribution in [3.63, 3.8) is 0 Å². The van der Waals surface area contributed by atoms with E-state index in [-0.39, 0.29) is 6.04 Å². The molecule has 0 aliphatic heterocycles. The van der Waals surface area contributed by atoms with Crippen LogP contribution < -0.4 is 0 Å².